The molecule has 1 aliphatic carbocycles. The zero-order valence-electron chi connectivity index (χ0n) is 14.8. The van der Waals surface area contributed by atoms with Gasteiger partial charge in [0.2, 0.25) is 11.8 Å². The van der Waals surface area contributed by atoms with Gasteiger partial charge in [0.25, 0.3) is 5.56 Å². The number of rotatable bonds is 6. The number of hydrogen-bond acceptors (Lipinski definition) is 4. The maximum absolute atomic E-state index is 12.5. The highest BCUT2D eigenvalue weighted by Crippen LogP contribution is 2.35. The van der Waals surface area contributed by atoms with Gasteiger partial charge in [-0.2, -0.15) is 0 Å². The number of hydrogen-bond donors (Lipinski definition) is 1. The first-order chi connectivity index (χ1) is 12.6. The smallest absolute Gasteiger partial charge is 0.250 e. The molecule has 140 valence electrons. The summed E-state index contributed by atoms with van der Waals surface area (Å²) in [5, 5.41) is 3.01. The monoisotopic (exact) mass is 359 g/mol. The molecule has 3 heterocycles. The van der Waals surface area contributed by atoms with Crippen molar-refractivity contribution < 1.29 is 14.3 Å². The molecule has 0 spiro atoms. The van der Waals surface area contributed by atoms with Gasteiger partial charge in [-0.1, -0.05) is 6.07 Å². The van der Waals surface area contributed by atoms with Crippen LogP contribution in [0.15, 0.2) is 29.2 Å². The third-order valence-corrected chi connectivity index (χ3v) is 5.73. The Balaban J connectivity index is 1.30. The predicted octanol–water partition coefficient (Wildman–Crippen LogP) is 0.238. The maximum Gasteiger partial charge on any atom is 0.250 e. The second-order valence-corrected chi connectivity index (χ2v) is 7.71. The fraction of sp³-hybridized carbons (Fsp3) is 0.632. The molecule has 3 aliphatic rings. The Bertz CT molecular complexity index is 742. The van der Waals surface area contributed by atoms with Crippen LogP contribution in [0.2, 0.25) is 0 Å². The number of fused-ring (bicyclic) bond motifs is 1. The van der Waals surface area contributed by atoms with E-state index < -0.39 is 0 Å². The lowest BCUT2D eigenvalue weighted by Crippen LogP contribution is -2.36. The molecule has 0 unspecified atom stereocenters. The molecule has 1 N–H and O–H groups in total. The first-order valence-electron chi connectivity index (χ1n) is 9.41. The molecular weight excluding hydrogens is 334 g/mol. The van der Waals surface area contributed by atoms with Gasteiger partial charge in [0.1, 0.15) is 6.54 Å². The Kier molecular flexibility index (Phi) is 4.80. The van der Waals surface area contributed by atoms with Crippen molar-refractivity contribution in [1.29, 1.82) is 0 Å². The number of amides is 2. The fourth-order valence-corrected chi connectivity index (χ4v) is 3.94. The molecule has 0 aromatic carbocycles. The topological polar surface area (TPSA) is 80.6 Å². The van der Waals surface area contributed by atoms with Crippen molar-refractivity contribution in [2.24, 2.45) is 17.8 Å². The highest BCUT2D eigenvalue weighted by atomic mass is 16.5. The summed E-state index contributed by atoms with van der Waals surface area (Å²) in [6, 6.07) is 4.86. The first kappa shape index (κ1) is 17.3. The molecule has 2 amide bonds. The Morgan fingerprint density at radius 2 is 2.08 bits per heavy atom. The molecule has 2 saturated heterocycles. The van der Waals surface area contributed by atoms with E-state index in [2.05, 4.69) is 5.32 Å². The Morgan fingerprint density at radius 1 is 1.23 bits per heavy atom. The van der Waals surface area contributed by atoms with Gasteiger partial charge in [0, 0.05) is 44.2 Å². The molecule has 1 aromatic heterocycles. The van der Waals surface area contributed by atoms with Gasteiger partial charge in [-0.25, -0.2) is 0 Å². The Labute approximate surface area is 152 Å². The number of carbonyl (C=O) groups excluding carboxylic acids is 2. The van der Waals surface area contributed by atoms with E-state index in [1.54, 1.807) is 23.2 Å². The van der Waals surface area contributed by atoms with Gasteiger partial charge in [-0.3, -0.25) is 14.4 Å². The summed E-state index contributed by atoms with van der Waals surface area (Å²) in [5.74, 6) is 1.06. The van der Waals surface area contributed by atoms with Crippen LogP contribution >= 0.6 is 0 Å². The SMILES string of the molecule is O=C(C[C@@H]1CO[C@@H]2CN(C(=O)Cn3ccccc3=O)C[C@H]12)NCC1CC1. The standard InChI is InChI=1S/C19H25N3O4/c23-17(20-8-13-4-5-13)7-14-12-26-16-10-22(9-15(14)16)19(25)11-21-6-2-1-3-18(21)24/h1-3,6,13-16H,4-5,7-12H2,(H,20,23)/t14-,15-,16-/m1/s1. The summed E-state index contributed by atoms with van der Waals surface area (Å²) in [5.41, 5.74) is -0.179. The second kappa shape index (κ2) is 7.23. The van der Waals surface area contributed by atoms with Crippen LogP contribution in [-0.4, -0.2) is 53.6 Å². The molecule has 1 aromatic rings. The van der Waals surface area contributed by atoms with Crippen molar-refractivity contribution in [1.82, 2.24) is 14.8 Å². The van der Waals surface area contributed by atoms with Crippen molar-refractivity contribution in [3.8, 4) is 0 Å². The summed E-state index contributed by atoms with van der Waals surface area (Å²) in [6.45, 7) is 2.58. The molecule has 0 radical (unpaired) electrons. The van der Waals surface area contributed by atoms with Crippen molar-refractivity contribution in [2.45, 2.75) is 31.9 Å². The minimum Gasteiger partial charge on any atom is -0.376 e. The van der Waals surface area contributed by atoms with Crippen LogP contribution in [-0.2, 0) is 20.9 Å². The van der Waals surface area contributed by atoms with Crippen LogP contribution < -0.4 is 10.9 Å². The number of pyridine rings is 1. The van der Waals surface area contributed by atoms with E-state index >= 15 is 0 Å². The molecule has 2 aliphatic heterocycles. The van der Waals surface area contributed by atoms with Crippen LogP contribution in [0.1, 0.15) is 19.3 Å². The van der Waals surface area contributed by atoms with Crippen molar-refractivity contribution in [3.05, 3.63) is 34.7 Å². The first-order valence-corrected chi connectivity index (χ1v) is 9.41. The van der Waals surface area contributed by atoms with Crippen LogP contribution in [0.3, 0.4) is 0 Å². The number of likely N-dealkylation sites (tertiary alicyclic amines) is 1. The maximum atomic E-state index is 12.5. The highest BCUT2D eigenvalue weighted by molar-refractivity contribution is 5.77. The van der Waals surface area contributed by atoms with Gasteiger partial charge in [0.05, 0.1) is 12.7 Å². The normalized spacial score (nSPS) is 27.4. The quantitative estimate of drug-likeness (QED) is 0.789. The molecule has 1 saturated carbocycles. The van der Waals surface area contributed by atoms with Crippen LogP contribution in [0, 0.1) is 17.8 Å². The van der Waals surface area contributed by atoms with Gasteiger partial charge < -0.3 is 19.5 Å². The predicted molar refractivity (Wildman–Crippen MR) is 94.4 cm³/mol. The van der Waals surface area contributed by atoms with E-state index in [0.717, 1.165) is 6.54 Å². The van der Waals surface area contributed by atoms with Gasteiger partial charge in [0.15, 0.2) is 0 Å². The van der Waals surface area contributed by atoms with E-state index in [4.69, 9.17) is 4.74 Å². The number of carbonyl (C=O) groups is 2. The number of nitrogens with one attached hydrogen (secondary N) is 1. The number of ether oxygens (including phenoxy) is 1. The Hall–Kier alpha value is -2.15. The Morgan fingerprint density at radius 3 is 2.85 bits per heavy atom. The molecule has 4 rings (SSSR count). The van der Waals surface area contributed by atoms with Gasteiger partial charge in [-0.05, 0) is 30.7 Å². The van der Waals surface area contributed by atoms with Gasteiger partial charge in [-0.15, -0.1) is 0 Å². The lowest BCUT2D eigenvalue weighted by atomic mass is 9.90. The van der Waals surface area contributed by atoms with E-state index in [-0.39, 0.29) is 41.9 Å². The van der Waals surface area contributed by atoms with Gasteiger partial charge >= 0.3 is 0 Å². The van der Waals surface area contributed by atoms with Crippen LogP contribution in [0.5, 0.6) is 0 Å². The summed E-state index contributed by atoms with van der Waals surface area (Å²) in [4.78, 5) is 38.2. The van der Waals surface area contributed by atoms with Crippen molar-refractivity contribution >= 4 is 11.8 Å². The third kappa shape index (κ3) is 3.82. The molecule has 7 nitrogen and oxygen atoms in total. The average Bonchev–Trinajstić information content (AvgIpc) is 3.24. The zero-order valence-corrected chi connectivity index (χ0v) is 14.8. The lowest BCUT2D eigenvalue weighted by molar-refractivity contribution is -0.131. The van der Waals surface area contributed by atoms with E-state index in [1.807, 2.05) is 0 Å². The highest BCUT2D eigenvalue weighted by Gasteiger charge is 2.45. The second-order valence-electron chi connectivity index (χ2n) is 7.71. The third-order valence-electron chi connectivity index (χ3n) is 5.73. The molecule has 3 atom stereocenters. The largest absolute Gasteiger partial charge is 0.376 e. The minimum atomic E-state index is -0.179. The molecule has 3 fully saturated rings. The molecule has 0 bridgehead atoms. The average molecular weight is 359 g/mol. The summed E-state index contributed by atoms with van der Waals surface area (Å²) >= 11 is 0. The number of nitrogens with zero attached hydrogens (tertiary/aromatic N) is 2. The fourth-order valence-electron chi connectivity index (χ4n) is 3.94. The minimum absolute atomic E-state index is 0.00711. The molecule has 7 heteroatoms. The van der Waals surface area contributed by atoms with E-state index in [1.165, 1.54) is 23.5 Å². The van der Waals surface area contributed by atoms with Crippen molar-refractivity contribution in [2.75, 3.05) is 26.2 Å². The summed E-state index contributed by atoms with van der Waals surface area (Å²) in [7, 11) is 0. The van der Waals surface area contributed by atoms with E-state index in [9.17, 15) is 14.4 Å². The van der Waals surface area contributed by atoms with E-state index in [0.29, 0.717) is 32.0 Å². The van der Waals surface area contributed by atoms with Crippen LogP contribution in [0.25, 0.3) is 0 Å². The van der Waals surface area contributed by atoms with Crippen LogP contribution in [0.4, 0.5) is 0 Å². The molecular formula is C19H25N3O4. The summed E-state index contributed by atoms with van der Waals surface area (Å²) < 4.78 is 7.26. The zero-order chi connectivity index (χ0) is 18.1. The lowest BCUT2D eigenvalue weighted by Gasteiger charge is -2.20. The molecule has 26 heavy (non-hydrogen) atoms. The summed E-state index contributed by atoms with van der Waals surface area (Å²) in [6.07, 6.45) is 4.54. The number of aromatic nitrogens is 1. The van der Waals surface area contributed by atoms with Crippen molar-refractivity contribution in [3.63, 3.8) is 0 Å².